The van der Waals surface area contributed by atoms with E-state index in [0.29, 0.717) is 12.3 Å². The Labute approximate surface area is 105 Å². The van der Waals surface area contributed by atoms with E-state index in [1.807, 2.05) is 13.8 Å². The first-order chi connectivity index (χ1) is 8.32. The van der Waals surface area contributed by atoms with Gasteiger partial charge in [0.2, 0.25) is 0 Å². The predicted octanol–water partition coefficient (Wildman–Crippen LogP) is 1.86. The first-order valence-electron chi connectivity index (χ1n) is 5.70. The molecule has 1 aromatic rings. The van der Waals surface area contributed by atoms with E-state index < -0.39 is 16.9 Å². The molecule has 0 aliphatic carbocycles. The van der Waals surface area contributed by atoms with Crippen molar-refractivity contribution in [2.75, 3.05) is 6.61 Å². The number of rotatable bonds is 5. The van der Waals surface area contributed by atoms with Crippen LogP contribution in [0.2, 0.25) is 0 Å². The highest BCUT2D eigenvalue weighted by Crippen LogP contribution is 2.17. The molecule has 1 atom stereocenters. The number of ether oxygens (including phenoxy) is 1. The van der Waals surface area contributed by atoms with Gasteiger partial charge in [0.1, 0.15) is 0 Å². The van der Waals surface area contributed by atoms with Gasteiger partial charge in [0.15, 0.2) is 6.04 Å². The van der Waals surface area contributed by atoms with Crippen LogP contribution in [0, 0.1) is 23.0 Å². The van der Waals surface area contributed by atoms with Gasteiger partial charge in [0, 0.05) is 0 Å². The molecular weight excluding hydrogens is 238 g/mol. The number of carbonyl (C=O) groups excluding carboxylic acids is 1. The van der Waals surface area contributed by atoms with Gasteiger partial charge in [-0.05, 0) is 24.7 Å². The largest absolute Gasteiger partial charge is 0.464 e. The second-order valence-corrected chi connectivity index (χ2v) is 4.55. The fourth-order valence-corrected chi connectivity index (χ4v) is 1.42. The lowest BCUT2D eigenvalue weighted by Crippen LogP contribution is -2.22. The van der Waals surface area contributed by atoms with Gasteiger partial charge in [-0.3, -0.25) is 0 Å². The van der Waals surface area contributed by atoms with Crippen molar-refractivity contribution >= 4 is 11.8 Å². The van der Waals surface area contributed by atoms with Gasteiger partial charge in [-0.15, -0.1) is 0 Å². The Hall–Kier alpha value is -1.92. The average Bonchev–Trinajstić information content (AvgIpc) is 2.67. The summed E-state index contributed by atoms with van der Waals surface area (Å²) in [7, 11) is 0. The van der Waals surface area contributed by atoms with Gasteiger partial charge in [0.25, 0.3) is 0 Å². The summed E-state index contributed by atoms with van der Waals surface area (Å²) >= 11 is 0. The Balaban J connectivity index is 2.80. The average molecular weight is 255 g/mol. The van der Waals surface area contributed by atoms with E-state index in [1.54, 1.807) is 13.8 Å². The highest BCUT2D eigenvalue weighted by molar-refractivity contribution is 5.73. The van der Waals surface area contributed by atoms with Crippen molar-refractivity contribution in [1.82, 2.24) is 9.78 Å². The molecule has 1 rings (SSSR count). The Morgan fingerprint density at radius 2 is 2.17 bits per heavy atom. The minimum atomic E-state index is -0.669. The van der Waals surface area contributed by atoms with Gasteiger partial charge in [-0.1, -0.05) is 13.8 Å². The van der Waals surface area contributed by atoms with Crippen LogP contribution in [0.1, 0.15) is 32.5 Å². The molecule has 1 heterocycles. The summed E-state index contributed by atoms with van der Waals surface area (Å²) in [5, 5.41) is 14.4. The highest BCUT2D eigenvalue weighted by atomic mass is 16.6. The lowest BCUT2D eigenvalue weighted by atomic mass is 10.2. The van der Waals surface area contributed by atoms with Crippen molar-refractivity contribution in [3.05, 3.63) is 21.9 Å². The van der Waals surface area contributed by atoms with Gasteiger partial charge in [-0.2, -0.15) is 4.68 Å². The Bertz CT molecular complexity index is 453. The molecule has 18 heavy (non-hydrogen) atoms. The maximum atomic E-state index is 11.7. The summed E-state index contributed by atoms with van der Waals surface area (Å²) in [6, 6.07) is 0.657. The second-order valence-electron chi connectivity index (χ2n) is 4.55. The van der Waals surface area contributed by atoms with Crippen LogP contribution < -0.4 is 0 Å². The number of hydrogen-bond acceptors (Lipinski definition) is 5. The lowest BCUT2D eigenvalue weighted by Gasteiger charge is -2.11. The van der Waals surface area contributed by atoms with Crippen molar-refractivity contribution in [3.63, 3.8) is 0 Å². The van der Waals surface area contributed by atoms with Gasteiger partial charge in [-0.25, -0.2) is 4.79 Å². The number of aryl methyl sites for hydroxylation is 1. The molecule has 0 bridgehead atoms. The maximum absolute atomic E-state index is 11.7. The minimum absolute atomic E-state index is 0.245. The normalized spacial score (nSPS) is 12.5. The van der Waals surface area contributed by atoms with E-state index in [1.165, 1.54) is 10.7 Å². The topological polar surface area (TPSA) is 87.3 Å². The summed E-state index contributed by atoms with van der Waals surface area (Å²) < 4.78 is 6.38. The molecule has 1 unspecified atom stereocenters. The van der Waals surface area contributed by atoms with Crippen LogP contribution in [-0.2, 0) is 9.53 Å². The van der Waals surface area contributed by atoms with Crippen molar-refractivity contribution in [2.45, 2.75) is 33.7 Å². The maximum Gasteiger partial charge on any atom is 0.390 e. The van der Waals surface area contributed by atoms with E-state index in [-0.39, 0.29) is 11.7 Å². The van der Waals surface area contributed by atoms with E-state index in [4.69, 9.17) is 4.74 Å². The smallest absolute Gasteiger partial charge is 0.390 e. The highest BCUT2D eigenvalue weighted by Gasteiger charge is 2.25. The zero-order chi connectivity index (χ0) is 13.9. The fourth-order valence-electron chi connectivity index (χ4n) is 1.42. The van der Waals surface area contributed by atoms with Crippen LogP contribution in [0.4, 0.5) is 5.82 Å². The molecule has 0 saturated carbocycles. The second kappa shape index (κ2) is 5.61. The Morgan fingerprint density at radius 3 is 2.61 bits per heavy atom. The van der Waals surface area contributed by atoms with Crippen molar-refractivity contribution in [1.29, 1.82) is 0 Å². The molecule has 0 aliphatic rings. The van der Waals surface area contributed by atoms with Gasteiger partial charge < -0.3 is 14.9 Å². The van der Waals surface area contributed by atoms with Crippen LogP contribution in [0.25, 0.3) is 0 Å². The summed E-state index contributed by atoms with van der Waals surface area (Å²) in [4.78, 5) is 21.7. The molecule has 0 spiro atoms. The number of esters is 1. The van der Waals surface area contributed by atoms with Crippen molar-refractivity contribution < 1.29 is 14.5 Å². The van der Waals surface area contributed by atoms with Crippen LogP contribution in [0.3, 0.4) is 0 Å². The SMILES string of the molecule is Cc1cc([N+](=O)[O-])nn1C(C)C(=O)OCC(C)C. The van der Waals surface area contributed by atoms with E-state index >= 15 is 0 Å². The van der Waals surface area contributed by atoms with E-state index in [9.17, 15) is 14.9 Å². The number of nitrogens with zero attached hydrogens (tertiary/aromatic N) is 3. The van der Waals surface area contributed by atoms with Gasteiger partial charge >= 0.3 is 11.8 Å². The molecule has 0 N–H and O–H groups in total. The first-order valence-corrected chi connectivity index (χ1v) is 5.70. The first kappa shape index (κ1) is 14.1. The third kappa shape index (κ3) is 3.28. The predicted molar refractivity (Wildman–Crippen MR) is 64.1 cm³/mol. The third-order valence-electron chi connectivity index (χ3n) is 2.36. The molecule has 7 nitrogen and oxygen atoms in total. The number of nitro groups is 1. The minimum Gasteiger partial charge on any atom is -0.464 e. The monoisotopic (exact) mass is 255 g/mol. The third-order valence-corrected chi connectivity index (χ3v) is 2.36. The number of carbonyl (C=O) groups is 1. The summed E-state index contributed by atoms with van der Waals surface area (Å²) in [5.74, 6) is -0.463. The van der Waals surface area contributed by atoms with Crippen LogP contribution in [-0.4, -0.2) is 27.3 Å². The molecule has 7 heteroatoms. The Kier molecular flexibility index (Phi) is 4.41. The standard InChI is InChI=1S/C11H17N3O4/c1-7(2)6-18-11(15)9(4)13-8(3)5-10(12-13)14(16)17/h5,7,9H,6H2,1-4H3. The van der Waals surface area contributed by atoms with Crippen molar-refractivity contribution in [3.8, 4) is 0 Å². The Morgan fingerprint density at radius 1 is 1.56 bits per heavy atom. The zero-order valence-corrected chi connectivity index (χ0v) is 10.9. The molecule has 0 radical (unpaired) electrons. The molecule has 0 aromatic carbocycles. The molecule has 1 aromatic heterocycles. The van der Waals surface area contributed by atoms with Crippen LogP contribution in [0.15, 0.2) is 6.07 Å². The van der Waals surface area contributed by atoms with E-state index in [2.05, 4.69) is 5.10 Å². The molecular formula is C11H17N3O4. The van der Waals surface area contributed by atoms with Crippen LogP contribution >= 0.6 is 0 Å². The quantitative estimate of drug-likeness (QED) is 0.455. The van der Waals surface area contributed by atoms with Crippen LogP contribution in [0.5, 0.6) is 0 Å². The lowest BCUT2D eigenvalue weighted by molar-refractivity contribution is -0.389. The summed E-state index contributed by atoms with van der Waals surface area (Å²) in [6.07, 6.45) is 0. The van der Waals surface area contributed by atoms with Gasteiger partial charge in [0.05, 0.1) is 23.5 Å². The summed E-state index contributed by atoms with van der Waals surface area (Å²) in [5.41, 5.74) is 0.552. The fraction of sp³-hybridized carbons (Fsp3) is 0.636. The van der Waals surface area contributed by atoms with Crippen molar-refractivity contribution in [2.24, 2.45) is 5.92 Å². The van der Waals surface area contributed by atoms with E-state index in [0.717, 1.165) is 0 Å². The molecule has 100 valence electrons. The molecule has 0 saturated heterocycles. The number of aromatic nitrogens is 2. The molecule has 0 amide bonds. The molecule has 0 fully saturated rings. The number of hydrogen-bond donors (Lipinski definition) is 0. The zero-order valence-electron chi connectivity index (χ0n) is 10.9. The molecule has 0 aliphatic heterocycles. The summed E-state index contributed by atoms with van der Waals surface area (Å²) in [6.45, 7) is 7.45.